The van der Waals surface area contributed by atoms with Crippen LogP contribution in [0.3, 0.4) is 0 Å². The van der Waals surface area contributed by atoms with Crippen LogP contribution in [0.5, 0.6) is 0 Å². The van der Waals surface area contributed by atoms with Gasteiger partial charge in [-0.1, -0.05) is 50.4 Å². The first-order valence-electron chi connectivity index (χ1n) is 7.68. The van der Waals surface area contributed by atoms with Crippen LogP contribution in [0.15, 0.2) is 24.3 Å². The lowest BCUT2D eigenvalue weighted by Crippen LogP contribution is -2.29. The van der Waals surface area contributed by atoms with Gasteiger partial charge in [0.05, 0.1) is 0 Å². The fourth-order valence-electron chi connectivity index (χ4n) is 3.25. The summed E-state index contributed by atoms with van der Waals surface area (Å²) in [4.78, 5) is 0. The zero-order valence-electron chi connectivity index (χ0n) is 12.2. The number of rotatable bonds is 5. The largest absolute Gasteiger partial charge is 0.310 e. The molecule has 1 N–H and O–H groups in total. The summed E-state index contributed by atoms with van der Waals surface area (Å²) in [5.74, 6) is 1.78. The maximum absolute atomic E-state index is 5.95. The van der Waals surface area contributed by atoms with Crippen molar-refractivity contribution in [3.63, 3.8) is 0 Å². The van der Waals surface area contributed by atoms with Gasteiger partial charge in [-0.25, -0.2) is 0 Å². The number of hydrogen-bond acceptors (Lipinski definition) is 1. The zero-order chi connectivity index (χ0) is 13.7. The van der Waals surface area contributed by atoms with Gasteiger partial charge < -0.3 is 5.32 Å². The molecule has 0 radical (unpaired) electrons. The zero-order valence-corrected chi connectivity index (χ0v) is 12.9. The van der Waals surface area contributed by atoms with E-state index in [0.29, 0.717) is 6.04 Å². The van der Waals surface area contributed by atoms with E-state index >= 15 is 0 Å². The van der Waals surface area contributed by atoms with Crippen LogP contribution in [-0.2, 0) is 0 Å². The fourth-order valence-corrected chi connectivity index (χ4v) is 3.37. The van der Waals surface area contributed by atoms with E-state index in [4.69, 9.17) is 11.6 Å². The van der Waals surface area contributed by atoms with Crippen molar-refractivity contribution in [1.29, 1.82) is 0 Å². The molecule has 2 heteroatoms. The standard InChI is InChI=1S/C17H26ClN/c1-3-17(15-7-9-16(18)10-8-15)19-12-14-6-4-5-13(2)11-14/h7-10,13-14,17,19H,3-6,11-12H2,1-2H3. The molecule has 106 valence electrons. The van der Waals surface area contributed by atoms with Crippen LogP contribution in [0.25, 0.3) is 0 Å². The molecule has 0 saturated heterocycles. The van der Waals surface area contributed by atoms with Gasteiger partial charge in [-0.2, -0.15) is 0 Å². The minimum Gasteiger partial charge on any atom is -0.310 e. The summed E-state index contributed by atoms with van der Waals surface area (Å²) in [6.07, 6.45) is 6.75. The van der Waals surface area contributed by atoms with Crippen molar-refractivity contribution in [1.82, 2.24) is 5.32 Å². The van der Waals surface area contributed by atoms with Gasteiger partial charge in [0.15, 0.2) is 0 Å². The van der Waals surface area contributed by atoms with Crippen molar-refractivity contribution < 1.29 is 0 Å². The fraction of sp³-hybridized carbons (Fsp3) is 0.647. The third kappa shape index (κ3) is 4.50. The van der Waals surface area contributed by atoms with Gasteiger partial charge >= 0.3 is 0 Å². The first-order chi connectivity index (χ1) is 9.19. The summed E-state index contributed by atoms with van der Waals surface area (Å²) >= 11 is 5.95. The molecule has 3 atom stereocenters. The van der Waals surface area contributed by atoms with Gasteiger partial charge in [0.1, 0.15) is 0 Å². The Morgan fingerprint density at radius 1 is 1.26 bits per heavy atom. The third-order valence-corrected chi connectivity index (χ3v) is 4.63. The molecule has 1 saturated carbocycles. The first-order valence-corrected chi connectivity index (χ1v) is 8.05. The Bertz CT molecular complexity index is 373. The normalized spacial score (nSPS) is 25.2. The Kier molecular flexibility index (Phi) is 5.72. The SMILES string of the molecule is CCC(NCC1CCCC(C)C1)c1ccc(Cl)cc1. The van der Waals surface area contributed by atoms with Gasteiger partial charge in [0.2, 0.25) is 0 Å². The lowest BCUT2D eigenvalue weighted by atomic mass is 9.82. The number of benzene rings is 1. The van der Waals surface area contributed by atoms with Gasteiger partial charge in [0.25, 0.3) is 0 Å². The lowest BCUT2D eigenvalue weighted by molar-refractivity contribution is 0.266. The van der Waals surface area contributed by atoms with E-state index in [2.05, 4.69) is 31.3 Å². The Morgan fingerprint density at radius 2 is 2.00 bits per heavy atom. The summed E-state index contributed by atoms with van der Waals surface area (Å²) in [7, 11) is 0. The lowest BCUT2D eigenvalue weighted by Gasteiger charge is -2.29. The average Bonchev–Trinajstić information content (AvgIpc) is 2.41. The first kappa shape index (κ1) is 14.9. The highest BCUT2D eigenvalue weighted by atomic mass is 35.5. The number of nitrogens with one attached hydrogen (secondary N) is 1. The van der Waals surface area contributed by atoms with Gasteiger partial charge in [-0.05, 0) is 55.3 Å². The molecule has 2 rings (SSSR count). The summed E-state index contributed by atoms with van der Waals surface area (Å²) in [6, 6.07) is 8.74. The van der Waals surface area contributed by atoms with E-state index in [-0.39, 0.29) is 0 Å². The number of halogens is 1. The number of hydrogen-bond donors (Lipinski definition) is 1. The second kappa shape index (κ2) is 7.31. The Balaban J connectivity index is 1.87. The summed E-state index contributed by atoms with van der Waals surface area (Å²) in [5, 5.41) is 4.57. The van der Waals surface area contributed by atoms with Crippen molar-refractivity contribution in [3.8, 4) is 0 Å². The van der Waals surface area contributed by atoms with Crippen molar-refractivity contribution in [2.24, 2.45) is 11.8 Å². The summed E-state index contributed by atoms with van der Waals surface area (Å²) in [6.45, 7) is 5.80. The van der Waals surface area contributed by atoms with Crippen LogP contribution in [0, 0.1) is 11.8 Å². The molecule has 19 heavy (non-hydrogen) atoms. The molecule has 0 spiro atoms. The molecular formula is C17H26ClN. The molecule has 1 aliphatic carbocycles. The molecular weight excluding hydrogens is 254 g/mol. The van der Waals surface area contributed by atoms with Crippen molar-refractivity contribution >= 4 is 11.6 Å². The molecule has 0 aromatic heterocycles. The summed E-state index contributed by atoms with van der Waals surface area (Å²) in [5.41, 5.74) is 1.36. The predicted molar refractivity (Wildman–Crippen MR) is 83.6 cm³/mol. The van der Waals surface area contributed by atoms with Crippen LogP contribution in [0.4, 0.5) is 0 Å². The van der Waals surface area contributed by atoms with Crippen LogP contribution in [0.2, 0.25) is 5.02 Å². The minimum absolute atomic E-state index is 0.467. The van der Waals surface area contributed by atoms with Crippen LogP contribution < -0.4 is 5.32 Å². The van der Waals surface area contributed by atoms with E-state index in [1.165, 1.54) is 31.2 Å². The molecule has 1 aromatic rings. The Hall–Kier alpha value is -0.530. The Morgan fingerprint density at radius 3 is 2.63 bits per heavy atom. The van der Waals surface area contributed by atoms with E-state index in [1.807, 2.05) is 12.1 Å². The van der Waals surface area contributed by atoms with Crippen LogP contribution >= 0.6 is 11.6 Å². The molecule has 0 amide bonds. The molecule has 0 aliphatic heterocycles. The highest BCUT2D eigenvalue weighted by molar-refractivity contribution is 6.30. The van der Waals surface area contributed by atoms with Gasteiger partial charge in [0, 0.05) is 11.1 Å². The van der Waals surface area contributed by atoms with Crippen LogP contribution in [-0.4, -0.2) is 6.54 Å². The predicted octanol–water partition coefficient (Wildman–Crippen LogP) is 5.21. The summed E-state index contributed by atoms with van der Waals surface area (Å²) < 4.78 is 0. The van der Waals surface area contributed by atoms with Gasteiger partial charge in [-0.3, -0.25) is 0 Å². The monoisotopic (exact) mass is 279 g/mol. The molecule has 1 fully saturated rings. The molecule has 3 unspecified atom stereocenters. The highest BCUT2D eigenvalue weighted by Crippen LogP contribution is 2.29. The Labute approximate surface area is 122 Å². The molecule has 0 heterocycles. The molecule has 1 aromatic carbocycles. The minimum atomic E-state index is 0.467. The van der Waals surface area contributed by atoms with Crippen molar-refractivity contribution in [2.75, 3.05) is 6.54 Å². The van der Waals surface area contributed by atoms with E-state index in [0.717, 1.165) is 29.8 Å². The average molecular weight is 280 g/mol. The smallest absolute Gasteiger partial charge is 0.0406 e. The van der Waals surface area contributed by atoms with Crippen molar-refractivity contribution in [2.45, 2.75) is 52.0 Å². The maximum atomic E-state index is 5.95. The second-order valence-electron chi connectivity index (χ2n) is 6.06. The third-order valence-electron chi connectivity index (χ3n) is 4.38. The van der Waals surface area contributed by atoms with E-state index in [1.54, 1.807) is 0 Å². The quantitative estimate of drug-likeness (QED) is 0.780. The topological polar surface area (TPSA) is 12.0 Å². The maximum Gasteiger partial charge on any atom is 0.0406 e. The van der Waals surface area contributed by atoms with Crippen LogP contribution in [0.1, 0.15) is 57.6 Å². The molecule has 1 nitrogen and oxygen atoms in total. The second-order valence-corrected chi connectivity index (χ2v) is 6.49. The highest BCUT2D eigenvalue weighted by Gasteiger charge is 2.19. The molecule has 1 aliphatic rings. The van der Waals surface area contributed by atoms with Gasteiger partial charge in [-0.15, -0.1) is 0 Å². The molecule has 0 bridgehead atoms. The van der Waals surface area contributed by atoms with Crippen molar-refractivity contribution in [3.05, 3.63) is 34.9 Å². The van der Waals surface area contributed by atoms with E-state index < -0.39 is 0 Å². The van der Waals surface area contributed by atoms with E-state index in [9.17, 15) is 0 Å².